The van der Waals surface area contributed by atoms with Gasteiger partial charge < -0.3 is 16.8 Å². The number of nitrogens with one attached hydrogen (secondary N) is 1. The molecule has 0 aliphatic carbocycles. The molecule has 0 saturated carbocycles. The smallest absolute Gasteiger partial charge is 0.197 e. The fourth-order valence-electron chi connectivity index (χ4n) is 1.73. The molecule has 0 fully saturated rings. The van der Waals surface area contributed by atoms with E-state index in [4.69, 9.17) is 11.5 Å². The minimum atomic E-state index is 0.347. The number of anilines is 3. The van der Waals surface area contributed by atoms with Gasteiger partial charge in [0.1, 0.15) is 28.3 Å². The van der Waals surface area contributed by atoms with Crippen LogP contribution >= 0.6 is 11.8 Å². The molecule has 2 aromatic heterocycles. The van der Waals surface area contributed by atoms with Crippen molar-refractivity contribution >= 4 is 29.2 Å². The van der Waals surface area contributed by atoms with Gasteiger partial charge in [0.05, 0.1) is 0 Å². The number of nitrogens with zero attached hydrogens (tertiary/aromatic N) is 4. The van der Waals surface area contributed by atoms with Crippen molar-refractivity contribution in [3.8, 4) is 0 Å². The number of hydrogen-bond donors (Lipinski definition) is 3. The van der Waals surface area contributed by atoms with Crippen LogP contribution in [0.25, 0.3) is 0 Å². The predicted octanol–water partition coefficient (Wildman–Crippen LogP) is 1.88. The predicted molar refractivity (Wildman–Crippen MR) is 85.3 cm³/mol. The van der Waals surface area contributed by atoms with Gasteiger partial charge in [-0.15, -0.1) is 0 Å². The molecule has 0 unspecified atom stereocenters. The molecule has 8 heteroatoms. The lowest BCUT2D eigenvalue weighted by molar-refractivity contribution is 0.866. The van der Waals surface area contributed by atoms with Crippen molar-refractivity contribution in [2.45, 2.75) is 37.4 Å². The molecule has 0 saturated heterocycles. The van der Waals surface area contributed by atoms with E-state index in [0.29, 0.717) is 16.8 Å². The van der Waals surface area contributed by atoms with Gasteiger partial charge in [-0.25, -0.2) is 19.9 Å². The van der Waals surface area contributed by atoms with Crippen LogP contribution in [-0.4, -0.2) is 26.5 Å². The van der Waals surface area contributed by atoms with Crippen molar-refractivity contribution < 1.29 is 0 Å². The molecular formula is C13H19N7S. The van der Waals surface area contributed by atoms with Crippen molar-refractivity contribution in [2.24, 2.45) is 0 Å². The van der Waals surface area contributed by atoms with Crippen LogP contribution in [0.4, 0.5) is 17.5 Å². The maximum atomic E-state index is 5.70. The molecule has 0 aliphatic heterocycles. The van der Waals surface area contributed by atoms with E-state index >= 15 is 0 Å². The minimum absolute atomic E-state index is 0.347. The van der Waals surface area contributed by atoms with Crippen molar-refractivity contribution in [2.75, 3.05) is 23.3 Å². The van der Waals surface area contributed by atoms with Gasteiger partial charge >= 0.3 is 0 Å². The number of aryl methyl sites for hydroxylation is 1. The van der Waals surface area contributed by atoms with Gasteiger partial charge in [0.2, 0.25) is 0 Å². The monoisotopic (exact) mass is 305 g/mol. The topological polar surface area (TPSA) is 116 Å². The zero-order valence-corrected chi connectivity index (χ0v) is 13.2. The highest BCUT2D eigenvalue weighted by Gasteiger charge is 2.13. The van der Waals surface area contributed by atoms with Gasteiger partial charge in [0.15, 0.2) is 5.16 Å². The third-order valence-electron chi connectivity index (χ3n) is 2.74. The van der Waals surface area contributed by atoms with Crippen LogP contribution in [0.15, 0.2) is 16.2 Å². The van der Waals surface area contributed by atoms with E-state index in [-0.39, 0.29) is 0 Å². The Bertz CT molecular complexity index is 624. The van der Waals surface area contributed by atoms with E-state index in [9.17, 15) is 0 Å². The molecule has 0 aliphatic rings. The SMILES string of the molecule is CCNc1nc(CC)nc(Sc2nc(N)cc(N)n2)c1C. The normalized spacial score (nSPS) is 10.6. The van der Waals surface area contributed by atoms with Crippen LogP contribution < -0.4 is 16.8 Å². The summed E-state index contributed by atoms with van der Waals surface area (Å²) < 4.78 is 0. The average molecular weight is 305 g/mol. The number of aromatic nitrogens is 4. The summed E-state index contributed by atoms with van der Waals surface area (Å²) in [4.78, 5) is 17.4. The Morgan fingerprint density at radius 2 is 1.76 bits per heavy atom. The Kier molecular flexibility index (Phi) is 4.79. The lowest BCUT2D eigenvalue weighted by Crippen LogP contribution is -2.07. The van der Waals surface area contributed by atoms with E-state index in [1.54, 1.807) is 0 Å². The van der Waals surface area contributed by atoms with Crippen LogP contribution in [-0.2, 0) is 6.42 Å². The number of rotatable bonds is 5. The second-order valence-electron chi connectivity index (χ2n) is 4.40. The lowest BCUT2D eigenvalue weighted by atomic mass is 10.3. The van der Waals surface area contributed by atoms with Gasteiger partial charge in [-0.1, -0.05) is 6.92 Å². The molecule has 7 nitrogen and oxygen atoms in total. The zero-order valence-electron chi connectivity index (χ0n) is 12.3. The third kappa shape index (κ3) is 3.72. The van der Waals surface area contributed by atoms with Gasteiger partial charge in [0, 0.05) is 24.6 Å². The molecule has 2 aromatic rings. The molecule has 0 aromatic carbocycles. The first-order valence-corrected chi connectivity index (χ1v) is 7.54. The van der Waals surface area contributed by atoms with E-state index in [1.165, 1.54) is 17.8 Å². The number of hydrogen-bond acceptors (Lipinski definition) is 8. The zero-order chi connectivity index (χ0) is 15.4. The Balaban J connectivity index is 2.40. The van der Waals surface area contributed by atoms with Crippen molar-refractivity contribution in [1.82, 2.24) is 19.9 Å². The van der Waals surface area contributed by atoms with Gasteiger partial charge in [-0.3, -0.25) is 0 Å². The fourth-order valence-corrected chi connectivity index (χ4v) is 2.61. The Morgan fingerprint density at radius 1 is 1.10 bits per heavy atom. The van der Waals surface area contributed by atoms with Gasteiger partial charge in [-0.2, -0.15) is 0 Å². The molecule has 0 radical (unpaired) electrons. The van der Waals surface area contributed by atoms with Crippen molar-refractivity contribution in [3.05, 3.63) is 17.5 Å². The first-order valence-electron chi connectivity index (χ1n) is 6.72. The molecule has 0 amide bonds. The highest BCUT2D eigenvalue weighted by Crippen LogP contribution is 2.30. The van der Waals surface area contributed by atoms with Crippen LogP contribution in [0, 0.1) is 6.92 Å². The quantitative estimate of drug-likeness (QED) is 0.566. The fraction of sp³-hybridized carbons (Fsp3) is 0.385. The lowest BCUT2D eigenvalue weighted by Gasteiger charge is -2.12. The standard InChI is InChI=1S/C13H19N7S/c1-4-10-19-11(16-5-2)7(3)12(20-10)21-13-17-8(14)6-9(15)18-13/h6H,4-5H2,1-3H3,(H,16,19,20)(H4,14,15,17,18). The van der Waals surface area contributed by atoms with Gasteiger partial charge in [-0.05, 0) is 25.6 Å². The van der Waals surface area contributed by atoms with E-state index in [1.807, 2.05) is 20.8 Å². The molecule has 21 heavy (non-hydrogen) atoms. The highest BCUT2D eigenvalue weighted by atomic mass is 32.2. The third-order valence-corrected chi connectivity index (χ3v) is 3.70. The van der Waals surface area contributed by atoms with Crippen LogP contribution in [0.1, 0.15) is 25.2 Å². The number of nitrogens with two attached hydrogens (primary N) is 2. The Morgan fingerprint density at radius 3 is 2.33 bits per heavy atom. The van der Waals surface area contributed by atoms with Crippen LogP contribution in [0.5, 0.6) is 0 Å². The molecule has 0 spiro atoms. The second kappa shape index (κ2) is 6.57. The van der Waals surface area contributed by atoms with Gasteiger partial charge in [0.25, 0.3) is 0 Å². The molecule has 5 N–H and O–H groups in total. The summed E-state index contributed by atoms with van der Waals surface area (Å²) in [6.07, 6.45) is 0.756. The van der Waals surface area contributed by atoms with Crippen molar-refractivity contribution in [3.63, 3.8) is 0 Å². The summed E-state index contributed by atoms with van der Waals surface area (Å²) in [7, 11) is 0. The summed E-state index contributed by atoms with van der Waals surface area (Å²) in [5.41, 5.74) is 12.4. The van der Waals surface area contributed by atoms with E-state index in [0.717, 1.165) is 35.2 Å². The average Bonchev–Trinajstić information content (AvgIpc) is 2.42. The first-order chi connectivity index (χ1) is 10.0. The molecule has 2 heterocycles. The molecule has 0 bridgehead atoms. The maximum absolute atomic E-state index is 5.70. The van der Waals surface area contributed by atoms with Crippen LogP contribution in [0.2, 0.25) is 0 Å². The Hall–Kier alpha value is -2.09. The summed E-state index contributed by atoms with van der Waals surface area (Å²) >= 11 is 1.34. The molecule has 2 rings (SSSR count). The molecule has 0 atom stereocenters. The van der Waals surface area contributed by atoms with Crippen molar-refractivity contribution in [1.29, 1.82) is 0 Å². The van der Waals surface area contributed by atoms with E-state index < -0.39 is 0 Å². The van der Waals surface area contributed by atoms with Crippen LogP contribution in [0.3, 0.4) is 0 Å². The van der Waals surface area contributed by atoms with E-state index in [2.05, 4.69) is 25.3 Å². The largest absolute Gasteiger partial charge is 0.383 e. The molecule has 112 valence electrons. The summed E-state index contributed by atoms with van der Waals surface area (Å²) in [5.74, 6) is 2.30. The maximum Gasteiger partial charge on any atom is 0.197 e. The Labute approximate surface area is 128 Å². The first kappa shape index (κ1) is 15.3. The minimum Gasteiger partial charge on any atom is -0.383 e. The summed E-state index contributed by atoms with van der Waals surface area (Å²) in [6, 6.07) is 1.53. The molecular weight excluding hydrogens is 286 g/mol. The second-order valence-corrected chi connectivity index (χ2v) is 5.36. The highest BCUT2D eigenvalue weighted by molar-refractivity contribution is 7.99. The summed E-state index contributed by atoms with van der Waals surface area (Å²) in [5, 5.41) is 4.54. The summed E-state index contributed by atoms with van der Waals surface area (Å²) in [6.45, 7) is 6.81. The number of nitrogen functional groups attached to an aromatic ring is 2.